The molecule has 0 bridgehead atoms. The second kappa shape index (κ2) is 6.70. The number of nitrogens with one attached hydrogen (secondary N) is 1. The molecule has 6 nitrogen and oxygen atoms in total. The van der Waals surface area contributed by atoms with E-state index in [-0.39, 0.29) is 0 Å². The number of nitrogens with two attached hydrogens (primary N) is 1. The third-order valence-corrected chi connectivity index (χ3v) is 3.25. The molecule has 6 heteroatoms. The highest BCUT2D eigenvalue weighted by Gasteiger charge is 2.19. The van der Waals surface area contributed by atoms with Gasteiger partial charge in [0, 0.05) is 38.8 Å². The third kappa shape index (κ3) is 3.68. The Kier molecular flexibility index (Phi) is 4.95. The summed E-state index contributed by atoms with van der Waals surface area (Å²) in [4.78, 5) is 6.72. The van der Waals surface area contributed by atoms with E-state index in [1.54, 1.807) is 0 Å². The fourth-order valence-electron chi connectivity index (χ4n) is 2.12. The monoisotopic (exact) mass is 253 g/mol. The topological polar surface area (TPSA) is 80.1 Å². The van der Waals surface area contributed by atoms with Gasteiger partial charge < -0.3 is 15.4 Å². The van der Waals surface area contributed by atoms with Crippen molar-refractivity contribution in [2.24, 2.45) is 5.73 Å². The molecule has 102 valence electrons. The van der Waals surface area contributed by atoms with Crippen molar-refractivity contribution in [2.45, 2.75) is 38.6 Å². The largest absolute Gasteiger partial charge is 0.382 e. The molecular weight excluding hydrogens is 230 g/mol. The van der Waals surface area contributed by atoms with Crippen molar-refractivity contribution in [3.8, 4) is 0 Å². The number of rotatable bonds is 6. The second-order valence-corrected chi connectivity index (χ2v) is 4.71. The van der Waals surface area contributed by atoms with Gasteiger partial charge >= 0.3 is 0 Å². The minimum Gasteiger partial charge on any atom is -0.382 e. The first-order valence-electron chi connectivity index (χ1n) is 6.79. The molecule has 2 heterocycles. The Morgan fingerprint density at radius 1 is 1.44 bits per heavy atom. The Hall–Kier alpha value is -1.14. The second-order valence-electron chi connectivity index (χ2n) is 4.71. The normalized spacial score (nSPS) is 17.3. The summed E-state index contributed by atoms with van der Waals surface area (Å²) in [7, 11) is 0. The highest BCUT2D eigenvalue weighted by atomic mass is 16.5. The average molecular weight is 253 g/mol. The van der Waals surface area contributed by atoms with Crippen LogP contribution in [0.25, 0.3) is 0 Å². The number of nitrogens with zero attached hydrogens (tertiary/aromatic N) is 3. The maximum atomic E-state index is 5.89. The molecule has 0 aromatic carbocycles. The van der Waals surface area contributed by atoms with Crippen molar-refractivity contribution >= 4 is 5.95 Å². The summed E-state index contributed by atoms with van der Waals surface area (Å²) in [6.07, 6.45) is 3.91. The Balaban J connectivity index is 1.78. The van der Waals surface area contributed by atoms with Crippen LogP contribution in [0.3, 0.4) is 0 Å². The van der Waals surface area contributed by atoms with Crippen LogP contribution in [0.2, 0.25) is 0 Å². The van der Waals surface area contributed by atoms with Gasteiger partial charge in [-0.3, -0.25) is 5.10 Å². The average Bonchev–Trinajstić information content (AvgIpc) is 2.84. The third-order valence-electron chi connectivity index (χ3n) is 3.25. The quantitative estimate of drug-likeness (QED) is 0.730. The van der Waals surface area contributed by atoms with Gasteiger partial charge in [0.25, 0.3) is 0 Å². The Bertz CT molecular complexity index is 346. The summed E-state index contributed by atoms with van der Waals surface area (Å²) in [6, 6.07) is 0.339. The van der Waals surface area contributed by atoms with Crippen molar-refractivity contribution < 1.29 is 4.74 Å². The summed E-state index contributed by atoms with van der Waals surface area (Å²) >= 11 is 0. The lowest BCUT2D eigenvalue weighted by Gasteiger charge is -2.28. The minimum atomic E-state index is 0.339. The van der Waals surface area contributed by atoms with Gasteiger partial charge in [-0.2, -0.15) is 4.98 Å². The number of aromatic nitrogens is 3. The van der Waals surface area contributed by atoms with E-state index in [1.807, 2.05) is 6.92 Å². The maximum Gasteiger partial charge on any atom is 0.244 e. The number of hydrogen-bond donors (Lipinski definition) is 2. The zero-order valence-electron chi connectivity index (χ0n) is 11.1. The van der Waals surface area contributed by atoms with Gasteiger partial charge in [-0.05, 0) is 26.2 Å². The molecule has 0 atom stereocenters. The Labute approximate surface area is 108 Å². The lowest BCUT2D eigenvalue weighted by molar-refractivity contribution is 0.145. The van der Waals surface area contributed by atoms with Crippen LogP contribution in [0.4, 0.5) is 5.95 Å². The highest BCUT2D eigenvalue weighted by Crippen LogP contribution is 2.15. The summed E-state index contributed by atoms with van der Waals surface area (Å²) < 4.78 is 5.30. The minimum absolute atomic E-state index is 0.339. The van der Waals surface area contributed by atoms with E-state index in [0.29, 0.717) is 6.04 Å². The maximum absolute atomic E-state index is 5.89. The number of hydrogen-bond acceptors (Lipinski definition) is 5. The molecule has 1 fully saturated rings. The van der Waals surface area contributed by atoms with Crippen LogP contribution in [-0.4, -0.2) is 47.5 Å². The molecule has 1 aromatic heterocycles. The fourth-order valence-corrected chi connectivity index (χ4v) is 2.12. The predicted molar refractivity (Wildman–Crippen MR) is 70.6 cm³/mol. The van der Waals surface area contributed by atoms with Crippen LogP contribution in [0.1, 0.15) is 32.0 Å². The fraction of sp³-hybridized carbons (Fsp3) is 0.833. The molecule has 0 amide bonds. The molecule has 2 rings (SSSR count). The first kappa shape index (κ1) is 13.3. The van der Waals surface area contributed by atoms with Crippen LogP contribution in [0.15, 0.2) is 0 Å². The van der Waals surface area contributed by atoms with Crippen molar-refractivity contribution in [1.29, 1.82) is 0 Å². The van der Waals surface area contributed by atoms with Crippen molar-refractivity contribution in [1.82, 2.24) is 15.2 Å². The van der Waals surface area contributed by atoms with E-state index >= 15 is 0 Å². The van der Waals surface area contributed by atoms with Crippen LogP contribution in [0.5, 0.6) is 0 Å². The molecule has 0 radical (unpaired) electrons. The van der Waals surface area contributed by atoms with Gasteiger partial charge in [0.05, 0.1) is 0 Å². The summed E-state index contributed by atoms with van der Waals surface area (Å²) in [6.45, 7) is 5.48. The van der Waals surface area contributed by atoms with E-state index in [4.69, 9.17) is 10.5 Å². The molecule has 1 saturated heterocycles. The van der Waals surface area contributed by atoms with Crippen LogP contribution in [0, 0.1) is 0 Å². The van der Waals surface area contributed by atoms with Crippen molar-refractivity contribution in [3.05, 3.63) is 5.82 Å². The number of H-pyrrole nitrogens is 1. The molecule has 0 unspecified atom stereocenters. The first-order chi connectivity index (χ1) is 8.79. The van der Waals surface area contributed by atoms with Crippen molar-refractivity contribution in [2.75, 3.05) is 31.2 Å². The van der Waals surface area contributed by atoms with Crippen LogP contribution < -0.4 is 10.6 Å². The van der Waals surface area contributed by atoms with Gasteiger partial charge in [0.1, 0.15) is 5.82 Å². The van der Waals surface area contributed by atoms with E-state index in [1.165, 1.54) is 0 Å². The lowest BCUT2D eigenvalue weighted by atomic mass is 10.1. The molecule has 3 N–H and O–H groups in total. The highest BCUT2D eigenvalue weighted by molar-refractivity contribution is 5.29. The van der Waals surface area contributed by atoms with Crippen LogP contribution >= 0.6 is 0 Å². The number of anilines is 1. The van der Waals surface area contributed by atoms with Gasteiger partial charge in [0.15, 0.2) is 0 Å². The number of piperidine rings is 1. The van der Waals surface area contributed by atoms with Gasteiger partial charge in [0.2, 0.25) is 5.95 Å². The Morgan fingerprint density at radius 2 is 2.22 bits per heavy atom. The smallest absolute Gasteiger partial charge is 0.244 e. The van der Waals surface area contributed by atoms with Crippen molar-refractivity contribution in [3.63, 3.8) is 0 Å². The van der Waals surface area contributed by atoms with E-state index in [0.717, 1.165) is 63.8 Å². The molecule has 1 aliphatic rings. The zero-order valence-corrected chi connectivity index (χ0v) is 11.1. The van der Waals surface area contributed by atoms with Gasteiger partial charge in [-0.1, -0.05) is 0 Å². The summed E-state index contributed by atoms with van der Waals surface area (Å²) in [5.74, 6) is 1.76. The van der Waals surface area contributed by atoms with E-state index in [2.05, 4.69) is 20.1 Å². The van der Waals surface area contributed by atoms with Gasteiger partial charge in [-0.25, -0.2) is 0 Å². The Morgan fingerprint density at radius 3 is 2.94 bits per heavy atom. The SMILES string of the molecule is CCOCCCc1nc(N2CCC(N)CC2)n[nH]1. The standard InChI is InChI=1S/C12H23N5O/c1-2-18-9-3-4-11-14-12(16-15-11)17-7-5-10(13)6-8-17/h10H,2-9,13H2,1H3,(H,14,15,16). The molecule has 0 aliphatic carbocycles. The number of aromatic amines is 1. The number of ether oxygens (including phenoxy) is 1. The van der Waals surface area contributed by atoms with Crippen LogP contribution in [-0.2, 0) is 11.2 Å². The number of aryl methyl sites for hydroxylation is 1. The molecule has 1 aromatic rings. The first-order valence-corrected chi connectivity index (χ1v) is 6.79. The van der Waals surface area contributed by atoms with Gasteiger partial charge in [-0.15, -0.1) is 5.10 Å². The zero-order chi connectivity index (χ0) is 12.8. The van der Waals surface area contributed by atoms with E-state index in [9.17, 15) is 0 Å². The molecule has 18 heavy (non-hydrogen) atoms. The molecule has 0 spiro atoms. The molecule has 1 aliphatic heterocycles. The molecular formula is C12H23N5O. The summed E-state index contributed by atoms with van der Waals surface area (Å²) in [5, 5.41) is 7.27. The lowest BCUT2D eigenvalue weighted by Crippen LogP contribution is -2.40. The predicted octanol–water partition coefficient (Wildman–Crippen LogP) is 0.701. The molecule has 0 saturated carbocycles. The van der Waals surface area contributed by atoms with E-state index < -0.39 is 0 Å². The summed E-state index contributed by atoms with van der Waals surface area (Å²) in [5.41, 5.74) is 5.89.